The van der Waals surface area contributed by atoms with E-state index in [-0.39, 0.29) is 6.10 Å². The van der Waals surface area contributed by atoms with E-state index < -0.39 is 0 Å². The predicted octanol–water partition coefficient (Wildman–Crippen LogP) is 0.387. The summed E-state index contributed by atoms with van der Waals surface area (Å²) < 4.78 is 7.27. The zero-order valence-corrected chi connectivity index (χ0v) is 13.9. The molecule has 2 aromatic heterocycles. The van der Waals surface area contributed by atoms with E-state index in [1.54, 1.807) is 10.7 Å². The van der Waals surface area contributed by atoms with Crippen molar-refractivity contribution in [1.29, 1.82) is 0 Å². The minimum atomic E-state index is -0.315. The third-order valence-corrected chi connectivity index (χ3v) is 5.07. The molecule has 0 unspecified atom stereocenters. The number of fused-ring (bicyclic) bond motifs is 1. The molecule has 0 amide bonds. The van der Waals surface area contributed by atoms with Crippen LogP contribution in [0.4, 0.5) is 0 Å². The molecule has 2 fully saturated rings. The lowest BCUT2D eigenvalue weighted by Gasteiger charge is -2.33. The number of rotatable bonds is 3. The van der Waals surface area contributed by atoms with Gasteiger partial charge in [0.2, 0.25) is 0 Å². The average Bonchev–Trinajstić information content (AvgIpc) is 2.92. The molecule has 4 rings (SSSR count). The Balaban J connectivity index is 1.43. The molecular formula is C17H25N5O2. The Hall–Kier alpha value is -1.54. The van der Waals surface area contributed by atoms with Gasteiger partial charge in [0.25, 0.3) is 0 Å². The molecule has 130 valence electrons. The van der Waals surface area contributed by atoms with E-state index in [1.165, 1.54) is 0 Å². The van der Waals surface area contributed by atoms with Gasteiger partial charge in [0.15, 0.2) is 5.65 Å². The molecule has 0 spiro atoms. The van der Waals surface area contributed by atoms with Crippen molar-refractivity contribution in [2.45, 2.75) is 31.5 Å². The van der Waals surface area contributed by atoms with Gasteiger partial charge in [-0.2, -0.15) is 5.10 Å². The Morgan fingerprint density at radius 3 is 2.96 bits per heavy atom. The van der Waals surface area contributed by atoms with Gasteiger partial charge in [-0.25, -0.2) is 9.50 Å². The highest BCUT2D eigenvalue weighted by Gasteiger charge is 2.28. The number of ether oxygens (including phenoxy) is 1. The summed E-state index contributed by atoms with van der Waals surface area (Å²) in [7, 11) is 0. The van der Waals surface area contributed by atoms with Gasteiger partial charge < -0.3 is 9.84 Å². The summed E-state index contributed by atoms with van der Waals surface area (Å²) in [5.74, 6) is 0. The maximum absolute atomic E-state index is 10.5. The predicted molar refractivity (Wildman–Crippen MR) is 89.7 cm³/mol. The average molecular weight is 331 g/mol. The maximum Gasteiger partial charge on any atom is 0.159 e. The topological polar surface area (TPSA) is 66.1 Å². The first-order valence-electron chi connectivity index (χ1n) is 8.79. The first-order chi connectivity index (χ1) is 11.8. The van der Waals surface area contributed by atoms with Gasteiger partial charge in [-0.3, -0.25) is 9.80 Å². The third-order valence-electron chi connectivity index (χ3n) is 5.07. The fourth-order valence-electron chi connectivity index (χ4n) is 3.83. The van der Waals surface area contributed by atoms with Crippen LogP contribution in [0.3, 0.4) is 0 Å². The minimum Gasteiger partial charge on any atom is -0.390 e. The van der Waals surface area contributed by atoms with E-state index in [9.17, 15) is 5.11 Å². The number of aromatic nitrogens is 3. The summed E-state index contributed by atoms with van der Waals surface area (Å²) in [5, 5.41) is 14.8. The van der Waals surface area contributed by atoms with Gasteiger partial charge in [0.05, 0.1) is 12.3 Å². The smallest absolute Gasteiger partial charge is 0.159 e. The zero-order valence-electron chi connectivity index (χ0n) is 13.9. The van der Waals surface area contributed by atoms with Gasteiger partial charge in [-0.05, 0) is 18.9 Å². The molecule has 0 aliphatic carbocycles. The van der Waals surface area contributed by atoms with Crippen LogP contribution in [-0.4, -0.2) is 81.0 Å². The van der Waals surface area contributed by atoms with Crippen LogP contribution >= 0.6 is 0 Å². The molecule has 1 atom stereocenters. The van der Waals surface area contributed by atoms with Crippen LogP contribution in [0.2, 0.25) is 0 Å². The summed E-state index contributed by atoms with van der Waals surface area (Å²) in [6.45, 7) is 5.87. The van der Waals surface area contributed by atoms with Crippen LogP contribution in [0.1, 0.15) is 18.4 Å². The molecule has 2 aliphatic heterocycles. The van der Waals surface area contributed by atoms with Crippen molar-refractivity contribution >= 4 is 5.65 Å². The highest BCUT2D eigenvalue weighted by atomic mass is 16.5. The normalized spacial score (nSPS) is 25.1. The van der Waals surface area contributed by atoms with Crippen LogP contribution in [0.5, 0.6) is 0 Å². The van der Waals surface area contributed by atoms with Crippen LogP contribution in [-0.2, 0) is 11.3 Å². The van der Waals surface area contributed by atoms with Crippen LogP contribution in [0, 0.1) is 0 Å². The second kappa shape index (κ2) is 7.14. The fraction of sp³-hybridized carbons (Fsp3) is 0.647. The fourth-order valence-corrected chi connectivity index (χ4v) is 3.83. The molecule has 0 radical (unpaired) electrons. The van der Waals surface area contributed by atoms with Crippen molar-refractivity contribution in [3.8, 4) is 0 Å². The standard InChI is InChI=1S/C17H25N5O2/c23-16-12-20(6-7-21(13-16)15-2-8-24-9-3-15)11-14-10-19-22-5-1-4-18-17(14)22/h1,4-5,10,15-16,23H,2-3,6-9,11-13H2/t16-/m0/s1. The van der Waals surface area contributed by atoms with Crippen molar-refractivity contribution < 1.29 is 9.84 Å². The van der Waals surface area contributed by atoms with Gasteiger partial charge in [0, 0.05) is 69.9 Å². The number of aliphatic hydroxyl groups excluding tert-OH is 1. The van der Waals surface area contributed by atoms with Crippen molar-refractivity contribution in [3.63, 3.8) is 0 Å². The van der Waals surface area contributed by atoms with Gasteiger partial charge in [-0.1, -0.05) is 0 Å². The molecule has 1 N–H and O–H groups in total. The second-order valence-electron chi connectivity index (χ2n) is 6.79. The molecule has 7 heteroatoms. The lowest BCUT2D eigenvalue weighted by molar-refractivity contribution is 0.0217. The Morgan fingerprint density at radius 1 is 1.21 bits per heavy atom. The Labute approximate surface area is 141 Å². The minimum absolute atomic E-state index is 0.315. The summed E-state index contributed by atoms with van der Waals surface area (Å²) in [4.78, 5) is 9.19. The maximum atomic E-state index is 10.5. The van der Waals surface area contributed by atoms with Gasteiger partial charge >= 0.3 is 0 Å². The summed E-state index contributed by atoms with van der Waals surface area (Å²) in [6, 6.07) is 2.43. The van der Waals surface area contributed by atoms with E-state index in [2.05, 4.69) is 19.9 Å². The van der Waals surface area contributed by atoms with Crippen molar-refractivity contribution in [3.05, 3.63) is 30.2 Å². The summed E-state index contributed by atoms with van der Waals surface area (Å²) in [6.07, 6.45) is 7.43. The number of aliphatic hydroxyl groups is 1. The summed E-state index contributed by atoms with van der Waals surface area (Å²) >= 11 is 0. The molecule has 0 aromatic carbocycles. The van der Waals surface area contributed by atoms with E-state index in [4.69, 9.17) is 4.74 Å². The highest BCUT2D eigenvalue weighted by Crippen LogP contribution is 2.18. The first-order valence-corrected chi connectivity index (χ1v) is 8.79. The quantitative estimate of drug-likeness (QED) is 0.878. The third kappa shape index (κ3) is 3.44. The summed E-state index contributed by atoms with van der Waals surface area (Å²) in [5.41, 5.74) is 2.01. The van der Waals surface area contributed by atoms with Crippen molar-refractivity contribution in [2.24, 2.45) is 0 Å². The molecule has 0 bridgehead atoms. The highest BCUT2D eigenvalue weighted by molar-refractivity contribution is 5.45. The monoisotopic (exact) mass is 331 g/mol. The molecule has 24 heavy (non-hydrogen) atoms. The number of hydrogen-bond acceptors (Lipinski definition) is 6. The molecule has 4 heterocycles. The van der Waals surface area contributed by atoms with E-state index in [1.807, 2.05) is 18.5 Å². The molecule has 2 aliphatic rings. The van der Waals surface area contributed by atoms with Crippen molar-refractivity contribution in [2.75, 3.05) is 39.4 Å². The molecule has 2 saturated heterocycles. The van der Waals surface area contributed by atoms with E-state index >= 15 is 0 Å². The van der Waals surface area contributed by atoms with Crippen molar-refractivity contribution in [1.82, 2.24) is 24.4 Å². The number of β-amino-alcohol motifs (C(OH)–C–C–N with tert-alkyl or cyclic N) is 1. The lowest BCUT2D eigenvalue weighted by Crippen LogP contribution is -2.43. The zero-order chi connectivity index (χ0) is 16.4. The van der Waals surface area contributed by atoms with Gasteiger partial charge in [-0.15, -0.1) is 0 Å². The van der Waals surface area contributed by atoms with Crippen LogP contribution in [0.15, 0.2) is 24.7 Å². The molecule has 7 nitrogen and oxygen atoms in total. The van der Waals surface area contributed by atoms with E-state index in [0.29, 0.717) is 12.6 Å². The molecule has 2 aromatic rings. The Morgan fingerprint density at radius 2 is 2.08 bits per heavy atom. The number of nitrogens with zero attached hydrogens (tertiary/aromatic N) is 5. The second-order valence-corrected chi connectivity index (χ2v) is 6.79. The van der Waals surface area contributed by atoms with Crippen LogP contribution in [0.25, 0.3) is 5.65 Å². The first kappa shape index (κ1) is 16.0. The Kier molecular flexibility index (Phi) is 4.75. The van der Waals surface area contributed by atoms with Crippen LogP contribution < -0.4 is 0 Å². The number of hydrogen-bond donors (Lipinski definition) is 1. The molecule has 0 saturated carbocycles. The molecular weight excluding hydrogens is 306 g/mol. The lowest BCUT2D eigenvalue weighted by atomic mass is 10.1. The van der Waals surface area contributed by atoms with Gasteiger partial charge in [0.1, 0.15) is 0 Å². The largest absolute Gasteiger partial charge is 0.390 e. The van der Waals surface area contributed by atoms with E-state index in [0.717, 1.165) is 63.4 Å². The SMILES string of the molecule is O[C@H]1CN(Cc2cnn3cccnc23)CCN(C2CCOCC2)C1. The Bertz CT molecular complexity index is 670.